The molecule has 1 atom stereocenters. The Bertz CT molecular complexity index is 498. The van der Waals surface area contributed by atoms with Gasteiger partial charge in [0.1, 0.15) is 0 Å². The van der Waals surface area contributed by atoms with Crippen LogP contribution in [0.4, 0.5) is 0 Å². The summed E-state index contributed by atoms with van der Waals surface area (Å²) in [7, 11) is 1.92. The zero-order chi connectivity index (χ0) is 13.7. The smallest absolute Gasteiger partial charge is 0.230 e. The number of benzene rings is 1. The maximum atomic E-state index is 10.0. The fourth-order valence-corrected chi connectivity index (χ4v) is 2.01. The molecule has 1 unspecified atom stereocenters. The molecule has 1 aromatic heterocycles. The first-order valence-corrected chi connectivity index (χ1v) is 6.33. The predicted octanol–water partition coefficient (Wildman–Crippen LogP) is 1.41. The van der Waals surface area contributed by atoms with Crippen molar-refractivity contribution in [2.75, 3.05) is 13.6 Å². The van der Waals surface area contributed by atoms with Gasteiger partial charge in [-0.1, -0.05) is 30.3 Å². The molecule has 1 N–H and O–H groups in total. The van der Waals surface area contributed by atoms with Gasteiger partial charge in [0, 0.05) is 13.5 Å². The molecule has 2 rings (SSSR count). The Morgan fingerprint density at radius 3 is 2.63 bits per heavy atom. The van der Waals surface area contributed by atoms with E-state index >= 15 is 0 Å². The van der Waals surface area contributed by atoms with Crippen molar-refractivity contribution in [3.05, 3.63) is 47.7 Å². The zero-order valence-electron chi connectivity index (χ0n) is 11.3. The number of hydrogen-bond donors (Lipinski definition) is 1. The van der Waals surface area contributed by atoms with Crippen molar-refractivity contribution in [3.63, 3.8) is 0 Å². The monoisotopic (exact) mass is 261 g/mol. The first kappa shape index (κ1) is 13.7. The second kappa shape index (κ2) is 6.45. The number of aliphatic hydroxyl groups is 1. The highest BCUT2D eigenvalue weighted by Crippen LogP contribution is 2.06. The molecular weight excluding hydrogens is 242 g/mol. The summed E-state index contributed by atoms with van der Waals surface area (Å²) in [5, 5.41) is 17.8. The third-order valence-corrected chi connectivity index (χ3v) is 2.81. The first-order valence-electron chi connectivity index (χ1n) is 6.33. The van der Waals surface area contributed by atoms with E-state index in [0.29, 0.717) is 31.3 Å². The van der Waals surface area contributed by atoms with Crippen LogP contribution in [0, 0.1) is 6.92 Å². The lowest BCUT2D eigenvalue weighted by Gasteiger charge is -2.18. The normalized spacial score (nSPS) is 12.8. The van der Waals surface area contributed by atoms with Gasteiger partial charge in [0.15, 0.2) is 0 Å². The van der Waals surface area contributed by atoms with Gasteiger partial charge in [0.25, 0.3) is 0 Å². The first-order chi connectivity index (χ1) is 9.13. The van der Waals surface area contributed by atoms with Gasteiger partial charge >= 0.3 is 0 Å². The average molecular weight is 261 g/mol. The third kappa shape index (κ3) is 4.46. The van der Waals surface area contributed by atoms with Crippen molar-refractivity contribution >= 4 is 0 Å². The van der Waals surface area contributed by atoms with Gasteiger partial charge in [-0.2, -0.15) is 0 Å². The molecule has 102 valence electrons. The SMILES string of the molecule is Cc1nnc(CN(C)CC(O)Cc2ccccc2)o1. The van der Waals surface area contributed by atoms with Gasteiger partial charge in [0.2, 0.25) is 11.8 Å². The second-order valence-electron chi connectivity index (χ2n) is 4.76. The topological polar surface area (TPSA) is 62.4 Å². The van der Waals surface area contributed by atoms with Gasteiger partial charge in [-0.3, -0.25) is 4.90 Å². The van der Waals surface area contributed by atoms with E-state index in [1.807, 2.05) is 42.3 Å². The highest BCUT2D eigenvalue weighted by Gasteiger charge is 2.12. The van der Waals surface area contributed by atoms with Gasteiger partial charge in [0.05, 0.1) is 12.6 Å². The summed E-state index contributed by atoms with van der Waals surface area (Å²) in [4.78, 5) is 1.97. The van der Waals surface area contributed by atoms with Crippen molar-refractivity contribution < 1.29 is 9.52 Å². The van der Waals surface area contributed by atoms with Gasteiger partial charge in [-0.15, -0.1) is 10.2 Å². The van der Waals surface area contributed by atoms with Crippen LogP contribution >= 0.6 is 0 Å². The fourth-order valence-electron chi connectivity index (χ4n) is 2.01. The van der Waals surface area contributed by atoms with Gasteiger partial charge < -0.3 is 9.52 Å². The summed E-state index contributed by atoms with van der Waals surface area (Å²) >= 11 is 0. The number of rotatable bonds is 6. The molecule has 0 bridgehead atoms. The molecule has 0 radical (unpaired) electrons. The van der Waals surface area contributed by atoms with E-state index in [-0.39, 0.29) is 0 Å². The second-order valence-corrected chi connectivity index (χ2v) is 4.76. The predicted molar refractivity (Wildman–Crippen MR) is 71.5 cm³/mol. The number of nitrogens with zero attached hydrogens (tertiary/aromatic N) is 3. The highest BCUT2D eigenvalue weighted by molar-refractivity contribution is 5.15. The Labute approximate surface area is 112 Å². The van der Waals surface area contributed by atoms with E-state index in [0.717, 1.165) is 5.56 Å². The quantitative estimate of drug-likeness (QED) is 0.852. The summed E-state index contributed by atoms with van der Waals surface area (Å²) in [6.45, 7) is 2.88. The molecule has 0 aliphatic rings. The van der Waals surface area contributed by atoms with Gasteiger partial charge in [-0.25, -0.2) is 0 Å². The molecule has 0 aliphatic heterocycles. The minimum absolute atomic E-state index is 0.406. The Hall–Kier alpha value is -1.72. The van der Waals surface area contributed by atoms with Gasteiger partial charge in [-0.05, 0) is 19.0 Å². The van der Waals surface area contributed by atoms with Crippen molar-refractivity contribution in [1.29, 1.82) is 0 Å². The largest absolute Gasteiger partial charge is 0.424 e. The third-order valence-electron chi connectivity index (χ3n) is 2.81. The van der Waals surface area contributed by atoms with E-state index in [1.54, 1.807) is 6.92 Å². The molecule has 2 aromatic rings. The molecule has 0 fully saturated rings. The van der Waals surface area contributed by atoms with Crippen LogP contribution in [0.3, 0.4) is 0 Å². The maximum Gasteiger partial charge on any atom is 0.230 e. The summed E-state index contributed by atoms with van der Waals surface area (Å²) in [6, 6.07) is 9.97. The van der Waals surface area contributed by atoms with Crippen LogP contribution in [0.25, 0.3) is 0 Å². The van der Waals surface area contributed by atoms with Crippen LogP contribution in [0.15, 0.2) is 34.7 Å². The van der Waals surface area contributed by atoms with Crippen molar-refractivity contribution in [1.82, 2.24) is 15.1 Å². The van der Waals surface area contributed by atoms with Crippen LogP contribution in [-0.2, 0) is 13.0 Å². The molecule has 0 saturated carbocycles. The van der Waals surface area contributed by atoms with Crippen LogP contribution in [0.2, 0.25) is 0 Å². The Balaban J connectivity index is 1.80. The molecule has 19 heavy (non-hydrogen) atoms. The summed E-state index contributed by atoms with van der Waals surface area (Å²) < 4.78 is 5.31. The van der Waals surface area contributed by atoms with E-state index in [1.165, 1.54) is 0 Å². The molecule has 1 heterocycles. The maximum absolute atomic E-state index is 10.0. The number of likely N-dealkylation sites (N-methyl/N-ethyl adjacent to an activating group) is 1. The minimum Gasteiger partial charge on any atom is -0.424 e. The summed E-state index contributed by atoms with van der Waals surface area (Å²) in [6.07, 6.45) is 0.241. The van der Waals surface area contributed by atoms with E-state index in [9.17, 15) is 5.11 Å². The Morgan fingerprint density at radius 1 is 1.26 bits per heavy atom. The van der Waals surface area contributed by atoms with E-state index in [2.05, 4.69) is 10.2 Å². The van der Waals surface area contributed by atoms with Crippen molar-refractivity contribution in [2.45, 2.75) is 26.0 Å². The van der Waals surface area contributed by atoms with E-state index in [4.69, 9.17) is 4.42 Å². The zero-order valence-corrected chi connectivity index (χ0v) is 11.3. The molecule has 1 aromatic carbocycles. The molecule has 0 saturated heterocycles. The molecule has 0 aliphatic carbocycles. The Kier molecular flexibility index (Phi) is 4.65. The molecule has 5 nitrogen and oxygen atoms in total. The van der Waals surface area contributed by atoms with E-state index < -0.39 is 6.10 Å². The Morgan fingerprint density at radius 2 is 2.00 bits per heavy atom. The number of aryl methyl sites for hydroxylation is 1. The van der Waals surface area contributed by atoms with Crippen molar-refractivity contribution in [3.8, 4) is 0 Å². The molecule has 5 heteroatoms. The fraction of sp³-hybridized carbons (Fsp3) is 0.429. The lowest BCUT2D eigenvalue weighted by Crippen LogP contribution is -2.30. The number of aliphatic hydroxyl groups excluding tert-OH is 1. The minimum atomic E-state index is -0.406. The van der Waals surface area contributed by atoms with Crippen LogP contribution < -0.4 is 0 Å². The van der Waals surface area contributed by atoms with Crippen LogP contribution in [-0.4, -0.2) is 39.9 Å². The summed E-state index contributed by atoms with van der Waals surface area (Å²) in [5.74, 6) is 1.14. The molecular formula is C14H19N3O2. The molecule has 0 spiro atoms. The van der Waals surface area contributed by atoms with Crippen molar-refractivity contribution in [2.24, 2.45) is 0 Å². The lowest BCUT2D eigenvalue weighted by molar-refractivity contribution is 0.118. The standard InChI is InChI=1S/C14H19N3O2/c1-11-15-16-14(19-11)10-17(2)9-13(18)8-12-6-4-3-5-7-12/h3-7,13,18H,8-10H2,1-2H3. The number of aromatic nitrogens is 2. The molecule has 0 amide bonds. The number of hydrogen-bond acceptors (Lipinski definition) is 5. The van der Waals surface area contributed by atoms with Crippen LogP contribution in [0.1, 0.15) is 17.3 Å². The highest BCUT2D eigenvalue weighted by atomic mass is 16.4. The average Bonchev–Trinajstić information content (AvgIpc) is 2.75. The lowest BCUT2D eigenvalue weighted by atomic mass is 10.1. The van der Waals surface area contributed by atoms with Crippen LogP contribution in [0.5, 0.6) is 0 Å². The summed E-state index contributed by atoms with van der Waals surface area (Å²) in [5.41, 5.74) is 1.14.